The fourth-order valence-electron chi connectivity index (χ4n) is 4.52. The highest BCUT2D eigenvalue weighted by atomic mass is 19.3. The zero-order valence-electron chi connectivity index (χ0n) is 16.7. The van der Waals surface area contributed by atoms with Gasteiger partial charge in [0.25, 0.3) is 11.8 Å². The van der Waals surface area contributed by atoms with Gasteiger partial charge in [0.1, 0.15) is 6.04 Å². The Hall–Kier alpha value is -2.39. The van der Waals surface area contributed by atoms with Gasteiger partial charge in [-0.1, -0.05) is 12.1 Å². The molecule has 1 aromatic carbocycles. The van der Waals surface area contributed by atoms with E-state index in [-0.39, 0.29) is 37.7 Å². The summed E-state index contributed by atoms with van der Waals surface area (Å²) in [5.41, 5.74) is 2.21. The Kier molecular flexibility index (Phi) is 5.84. The van der Waals surface area contributed by atoms with Gasteiger partial charge in [-0.15, -0.1) is 0 Å². The molecule has 162 valence electrons. The van der Waals surface area contributed by atoms with E-state index in [2.05, 4.69) is 16.0 Å². The van der Waals surface area contributed by atoms with E-state index in [4.69, 9.17) is 0 Å². The molecular weight excluding hydrogens is 394 g/mol. The number of imide groups is 1. The normalized spacial score (nSPS) is 26.3. The molecule has 9 heteroatoms. The van der Waals surface area contributed by atoms with Gasteiger partial charge in [-0.25, -0.2) is 8.78 Å². The Balaban J connectivity index is 1.43. The van der Waals surface area contributed by atoms with Gasteiger partial charge in [-0.05, 0) is 36.6 Å². The Bertz CT molecular complexity index is 861. The standard InChI is InChI=1S/C21H26F2N4O3/c22-21(23)7-9-24-8-6-14(21)11-25-10-13-2-1-3-15-16(13)12-27(20(15)30)17-4-5-18(28)26-19(17)29/h1-3,14,17,24-25H,4-12H2,(H,26,28,29). The van der Waals surface area contributed by atoms with Gasteiger partial charge >= 0.3 is 0 Å². The van der Waals surface area contributed by atoms with Crippen LogP contribution in [-0.4, -0.2) is 54.2 Å². The van der Waals surface area contributed by atoms with E-state index in [0.29, 0.717) is 38.0 Å². The van der Waals surface area contributed by atoms with Crippen molar-refractivity contribution in [3.05, 3.63) is 34.9 Å². The number of fused-ring (bicyclic) bond motifs is 1. The second-order valence-corrected chi connectivity index (χ2v) is 8.22. The van der Waals surface area contributed by atoms with Crippen LogP contribution in [0.3, 0.4) is 0 Å². The molecule has 7 nitrogen and oxygen atoms in total. The molecule has 3 aliphatic heterocycles. The molecule has 0 bridgehead atoms. The zero-order valence-corrected chi connectivity index (χ0v) is 16.7. The first kappa shape index (κ1) is 20.9. The third-order valence-corrected chi connectivity index (χ3v) is 6.29. The van der Waals surface area contributed by atoms with Gasteiger partial charge in [-0.2, -0.15) is 0 Å². The van der Waals surface area contributed by atoms with Crippen LogP contribution in [0.1, 0.15) is 47.2 Å². The lowest BCUT2D eigenvalue weighted by molar-refractivity contribution is -0.136. The summed E-state index contributed by atoms with van der Waals surface area (Å²) in [7, 11) is 0. The Morgan fingerprint density at radius 2 is 2.00 bits per heavy atom. The lowest BCUT2D eigenvalue weighted by Crippen LogP contribution is -2.52. The van der Waals surface area contributed by atoms with Crippen LogP contribution < -0.4 is 16.0 Å². The smallest absolute Gasteiger partial charge is 0.255 e. The molecule has 0 saturated carbocycles. The van der Waals surface area contributed by atoms with Crippen molar-refractivity contribution in [1.82, 2.24) is 20.9 Å². The average molecular weight is 420 g/mol. The van der Waals surface area contributed by atoms with Crippen LogP contribution in [0.2, 0.25) is 0 Å². The van der Waals surface area contributed by atoms with Crippen LogP contribution in [-0.2, 0) is 22.7 Å². The first-order chi connectivity index (χ1) is 14.4. The molecule has 1 aromatic rings. The van der Waals surface area contributed by atoms with E-state index < -0.39 is 23.8 Å². The fourth-order valence-corrected chi connectivity index (χ4v) is 4.52. The van der Waals surface area contributed by atoms with E-state index in [1.54, 1.807) is 12.1 Å². The lowest BCUT2D eigenvalue weighted by Gasteiger charge is -2.29. The van der Waals surface area contributed by atoms with Crippen molar-refractivity contribution in [2.45, 2.75) is 50.7 Å². The fraction of sp³-hybridized carbons (Fsp3) is 0.571. The molecule has 2 unspecified atom stereocenters. The van der Waals surface area contributed by atoms with Crippen molar-refractivity contribution in [2.75, 3.05) is 19.6 Å². The number of hydrogen-bond acceptors (Lipinski definition) is 5. The third-order valence-electron chi connectivity index (χ3n) is 6.29. The van der Waals surface area contributed by atoms with Crippen molar-refractivity contribution in [2.24, 2.45) is 5.92 Å². The number of nitrogens with zero attached hydrogens (tertiary/aromatic N) is 1. The minimum Gasteiger partial charge on any atom is -0.322 e. The SMILES string of the molecule is O=C1CCC(N2Cc3c(CNCC4CCNCCC4(F)F)cccc3C2=O)C(=O)N1. The Morgan fingerprint density at radius 1 is 1.17 bits per heavy atom. The van der Waals surface area contributed by atoms with Crippen molar-refractivity contribution in [1.29, 1.82) is 0 Å². The molecule has 3 aliphatic rings. The minimum absolute atomic E-state index is 0.157. The summed E-state index contributed by atoms with van der Waals surface area (Å²) in [6.07, 6.45) is 0.766. The molecule has 2 atom stereocenters. The maximum Gasteiger partial charge on any atom is 0.255 e. The summed E-state index contributed by atoms with van der Waals surface area (Å²) in [5.74, 6) is -4.44. The van der Waals surface area contributed by atoms with E-state index in [1.165, 1.54) is 4.90 Å². The van der Waals surface area contributed by atoms with Crippen molar-refractivity contribution >= 4 is 17.7 Å². The van der Waals surface area contributed by atoms with Gasteiger partial charge < -0.3 is 15.5 Å². The Morgan fingerprint density at radius 3 is 2.80 bits per heavy atom. The molecule has 4 rings (SSSR count). The topological polar surface area (TPSA) is 90.5 Å². The summed E-state index contributed by atoms with van der Waals surface area (Å²) in [5, 5.41) is 8.46. The molecule has 2 fully saturated rings. The summed E-state index contributed by atoms with van der Waals surface area (Å²) in [6, 6.07) is 4.70. The number of alkyl halides is 2. The quantitative estimate of drug-likeness (QED) is 0.623. The number of carbonyl (C=O) groups excluding carboxylic acids is 3. The van der Waals surface area contributed by atoms with Crippen LogP contribution in [0.4, 0.5) is 8.78 Å². The van der Waals surface area contributed by atoms with Gasteiger partial charge in [0.2, 0.25) is 11.8 Å². The van der Waals surface area contributed by atoms with Crippen molar-refractivity contribution in [3.8, 4) is 0 Å². The van der Waals surface area contributed by atoms with Crippen LogP contribution in [0, 0.1) is 5.92 Å². The van der Waals surface area contributed by atoms with E-state index in [1.807, 2.05) is 6.07 Å². The molecule has 0 radical (unpaired) electrons. The minimum atomic E-state index is -2.70. The molecule has 3 heterocycles. The monoisotopic (exact) mass is 420 g/mol. The first-order valence-electron chi connectivity index (χ1n) is 10.4. The number of benzene rings is 1. The molecule has 0 aliphatic carbocycles. The third kappa shape index (κ3) is 4.09. The molecule has 0 spiro atoms. The summed E-state index contributed by atoms with van der Waals surface area (Å²) in [6.45, 7) is 1.76. The predicted molar refractivity (Wildman–Crippen MR) is 105 cm³/mol. The molecule has 3 amide bonds. The number of nitrogens with one attached hydrogen (secondary N) is 3. The second kappa shape index (κ2) is 8.39. The highest BCUT2D eigenvalue weighted by Crippen LogP contribution is 2.32. The van der Waals surface area contributed by atoms with Crippen molar-refractivity contribution in [3.63, 3.8) is 0 Å². The molecular formula is C21H26F2N4O3. The van der Waals surface area contributed by atoms with E-state index in [0.717, 1.165) is 11.1 Å². The number of amides is 3. The summed E-state index contributed by atoms with van der Waals surface area (Å²) >= 11 is 0. The van der Waals surface area contributed by atoms with Crippen LogP contribution in [0.15, 0.2) is 18.2 Å². The van der Waals surface area contributed by atoms with Crippen LogP contribution >= 0.6 is 0 Å². The van der Waals surface area contributed by atoms with Crippen LogP contribution in [0.5, 0.6) is 0 Å². The maximum atomic E-state index is 14.3. The number of carbonyl (C=O) groups is 3. The highest BCUT2D eigenvalue weighted by molar-refractivity contribution is 6.05. The lowest BCUT2D eigenvalue weighted by atomic mass is 9.96. The Labute approximate surface area is 173 Å². The molecule has 3 N–H and O–H groups in total. The zero-order chi connectivity index (χ0) is 21.3. The number of hydrogen-bond donors (Lipinski definition) is 3. The van der Waals surface area contributed by atoms with E-state index in [9.17, 15) is 23.2 Å². The highest BCUT2D eigenvalue weighted by Gasteiger charge is 2.41. The number of rotatable bonds is 5. The number of halogens is 2. The predicted octanol–water partition coefficient (Wildman–Crippen LogP) is 1.17. The van der Waals surface area contributed by atoms with Gasteiger partial charge in [-0.3, -0.25) is 19.7 Å². The molecule has 0 aromatic heterocycles. The van der Waals surface area contributed by atoms with Gasteiger partial charge in [0, 0.05) is 50.5 Å². The summed E-state index contributed by atoms with van der Waals surface area (Å²) < 4.78 is 28.5. The maximum absolute atomic E-state index is 14.3. The summed E-state index contributed by atoms with van der Waals surface area (Å²) in [4.78, 5) is 38.0. The first-order valence-corrected chi connectivity index (χ1v) is 10.4. The van der Waals surface area contributed by atoms with Gasteiger partial charge in [0.05, 0.1) is 0 Å². The molecule has 2 saturated heterocycles. The van der Waals surface area contributed by atoms with Gasteiger partial charge in [0.15, 0.2) is 0 Å². The molecule has 30 heavy (non-hydrogen) atoms. The second-order valence-electron chi connectivity index (χ2n) is 8.22. The number of piperidine rings is 1. The average Bonchev–Trinajstić information content (AvgIpc) is 2.93. The largest absolute Gasteiger partial charge is 0.322 e. The van der Waals surface area contributed by atoms with Crippen molar-refractivity contribution < 1.29 is 23.2 Å². The van der Waals surface area contributed by atoms with Crippen LogP contribution in [0.25, 0.3) is 0 Å². The van der Waals surface area contributed by atoms with E-state index >= 15 is 0 Å².